The molecule has 0 fully saturated rings. The van der Waals surface area contributed by atoms with E-state index in [0.29, 0.717) is 9.13 Å². The van der Waals surface area contributed by atoms with E-state index in [9.17, 15) is 18.0 Å². The van der Waals surface area contributed by atoms with Crippen molar-refractivity contribution in [1.29, 1.82) is 0 Å². The molecule has 0 aromatic heterocycles. The molecule has 0 aliphatic rings. The molecule has 0 heterocycles. The van der Waals surface area contributed by atoms with Crippen molar-refractivity contribution in [1.82, 2.24) is 0 Å². The summed E-state index contributed by atoms with van der Waals surface area (Å²) in [5.41, 5.74) is 0.343. The first kappa shape index (κ1) is 13.8. The molecule has 0 saturated carbocycles. The fourth-order valence-electron chi connectivity index (χ4n) is 1.08. The zero-order chi connectivity index (χ0) is 12.5. The van der Waals surface area contributed by atoms with Crippen LogP contribution < -0.4 is 4.74 Å². The van der Waals surface area contributed by atoms with Crippen LogP contribution in [0.4, 0.5) is 13.2 Å². The lowest BCUT2D eigenvalue weighted by Gasteiger charge is -2.11. The zero-order valence-corrected chi connectivity index (χ0v) is 11.6. The monoisotopic (exact) mass is 408 g/mol. The Labute approximate surface area is 111 Å². The maximum Gasteiger partial charge on any atom is 0.573 e. The molecule has 0 aliphatic carbocycles. The van der Waals surface area contributed by atoms with Crippen LogP contribution in [-0.2, 0) is 0 Å². The summed E-state index contributed by atoms with van der Waals surface area (Å²) in [6.07, 6.45) is -4.74. The molecule has 0 radical (unpaired) electrons. The normalized spacial score (nSPS) is 11.4. The Bertz CT molecular complexity index is 408. The number of alkyl halides is 3. The van der Waals surface area contributed by atoms with Gasteiger partial charge < -0.3 is 4.74 Å². The molecule has 2 nitrogen and oxygen atoms in total. The number of benzene rings is 1. The SMILES string of the molecule is CC(=O)c1c(Br)cc(OC(F)(F)F)cc1I. The van der Waals surface area contributed by atoms with Gasteiger partial charge in [0, 0.05) is 13.6 Å². The molecular weight excluding hydrogens is 404 g/mol. The summed E-state index contributed by atoms with van der Waals surface area (Å²) in [5.74, 6) is -0.580. The molecule has 0 bridgehead atoms. The number of ether oxygens (including phenoxy) is 1. The van der Waals surface area contributed by atoms with Crippen molar-refractivity contribution in [2.45, 2.75) is 13.3 Å². The van der Waals surface area contributed by atoms with E-state index in [1.54, 1.807) is 22.6 Å². The highest BCUT2D eigenvalue weighted by atomic mass is 127. The highest BCUT2D eigenvalue weighted by Crippen LogP contribution is 2.31. The molecule has 88 valence electrons. The minimum Gasteiger partial charge on any atom is -0.406 e. The second-order valence-electron chi connectivity index (χ2n) is 2.87. The van der Waals surface area contributed by atoms with Gasteiger partial charge in [0.05, 0.1) is 0 Å². The van der Waals surface area contributed by atoms with Gasteiger partial charge in [-0.2, -0.15) is 0 Å². The molecule has 0 N–H and O–H groups in total. The average Bonchev–Trinajstić information content (AvgIpc) is 1.96. The molecule has 0 unspecified atom stereocenters. The first-order valence-corrected chi connectivity index (χ1v) is 5.83. The van der Waals surface area contributed by atoms with Gasteiger partial charge in [-0.15, -0.1) is 13.2 Å². The van der Waals surface area contributed by atoms with Crippen LogP contribution in [0, 0.1) is 3.57 Å². The van der Waals surface area contributed by atoms with E-state index in [-0.39, 0.29) is 16.0 Å². The number of halogens is 5. The Balaban J connectivity index is 3.15. The minimum atomic E-state index is -4.74. The number of Topliss-reactive ketones (excluding diaryl/α,β-unsaturated/α-hetero) is 1. The summed E-state index contributed by atoms with van der Waals surface area (Å²) < 4.78 is 40.3. The van der Waals surface area contributed by atoms with E-state index in [4.69, 9.17) is 0 Å². The Morgan fingerprint density at radius 3 is 2.38 bits per heavy atom. The first-order valence-electron chi connectivity index (χ1n) is 3.96. The van der Waals surface area contributed by atoms with Crippen molar-refractivity contribution in [3.63, 3.8) is 0 Å². The Kier molecular flexibility index (Phi) is 4.22. The van der Waals surface area contributed by atoms with Gasteiger partial charge >= 0.3 is 6.36 Å². The van der Waals surface area contributed by atoms with Crippen LogP contribution in [0.3, 0.4) is 0 Å². The summed E-state index contributed by atoms with van der Waals surface area (Å²) in [6, 6.07) is 2.28. The summed E-state index contributed by atoms with van der Waals surface area (Å²) in [7, 11) is 0. The molecule has 7 heteroatoms. The number of ketones is 1. The van der Waals surface area contributed by atoms with E-state index < -0.39 is 6.36 Å². The smallest absolute Gasteiger partial charge is 0.406 e. The lowest BCUT2D eigenvalue weighted by molar-refractivity contribution is -0.274. The highest BCUT2D eigenvalue weighted by molar-refractivity contribution is 14.1. The van der Waals surface area contributed by atoms with Gasteiger partial charge in [0.2, 0.25) is 0 Å². The van der Waals surface area contributed by atoms with Crippen molar-refractivity contribution in [2.75, 3.05) is 0 Å². The summed E-state index contributed by atoms with van der Waals surface area (Å²) in [5, 5.41) is 0. The van der Waals surface area contributed by atoms with Crippen molar-refractivity contribution < 1.29 is 22.7 Å². The van der Waals surface area contributed by atoms with Gasteiger partial charge in [-0.25, -0.2) is 0 Å². The number of hydrogen-bond donors (Lipinski definition) is 0. The number of rotatable bonds is 2. The van der Waals surface area contributed by atoms with E-state index in [1.165, 1.54) is 6.92 Å². The molecule has 1 aromatic carbocycles. The van der Waals surface area contributed by atoms with Crippen molar-refractivity contribution >= 4 is 44.3 Å². The summed E-state index contributed by atoms with van der Waals surface area (Å²) >= 11 is 4.81. The zero-order valence-electron chi connectivity index (χ0n) is 7.86. The second-order valence-corrected chi connectivity index (χ2v) is 4.88. The van der Waals surface area contributed by atoms with Crippen LogP contribution in [0.2, 0.25) is 0 Å². The maximum atomic E-state index is 12.0. The molecule has 0 saturated heterocycles. The fraction of sp³-hybridized carbons (Fsp3) is 0.222. The van der Waals surface area contributed by atoms with Crippen molar-refractivity contribution in [3.05, 3.63) is 25.7 Å². The van der Waals surface area contributed by atoms with Gasteiger partial charge in [-0.3, -0.25) is 4.79 Å². The second kappa shape index (κ2) is 4.91. The molecule has 1 aromatic rings. The number of carbonyl (C=O) groups is 1. The largest absolute Gasteiger partial charge is 0.573 e. The summed E-state index contributed by atoms with van der Waals surface area (Å²) in [4.78, 5) is 11.2. The predicted octanol–water partition coefficient (Wildman–Crippen LogP) is 4.15. The fourth-order valence-corrected chi connectivity index (χ4v) is 3.15. The van der Waals surface area contributed by atoms with Crippen LogP contribution in [0.15, 0.2) is 16.6 Å². The Morgan fingerprint density at radius 2 is 2.00 bits per heavy atom. The van der Waals surface area contributed by atoms with Crippen LogP contribution in [0.25, 0.3) is 0 Å². The number of hydrogen-bond acceptors (Lipinski definition) is 2. The lowest BCUT2D eigenvalue weighted by atomic mass is 10.1. The molecule has 0 spiro atoms. The van der Waals surface area contributed by atoms with Gasteiger partial charge in [0.25, 0.3) is 0 Å². The lowest BCUT2D eigenvalue weighted by Crippen LogP contribution is -2.17. The molecule has 1 rings (SSSR count). The van der Waals surface area contributed by atoms with Crippen LogP contribution in [0.5, 0.6) is 5.75 Å². The standard InChI is InChI=1S/C9H5BrF3IO2/c1-4(15)8-6(10)2-5(3-7(8)14)16-9(11,12)13/h2-3H,1H3. The minimum absolute atomic E-state index is 0.227. The van der Waals surface area contributed by atoms with Crippen LogP contribution >= 0.6 is 38.5 Å². The van der Waals surface area contributed by atoms with Crippen molar-refractivity contribution in [3.8, 4) is 5.75 Å². The third-order valence-corrected chi connectivity index (χ3v) is 3.08. The van der Waals surface area contributed by atoms with Gasteiger partial charge in [-0.1, -0.05) is 0 Å². The van der Waals surface area contributed by atoms with Gasteiger partial charge in [0.15, 0.2) is 5.78 Å². The van der Waals surface area contributed by atoms with E-state index in [1.807, 2.05) is 0 Å². The van der Waals surface area contributed by atoms with E-state index in [2.05, 4.69) is 20.7 Å². The summed E-state index contributed by atoms with van der Waals surface area (Å²) in [6.45, 7) is 1.34. The third kappa shape index (κ3) is 3.62. The molecular formula is C9H5BrF3IO2. The Morgan fingerprint density at radius 1 is 1.44 bits per heavy atom. The van der Waals surface area contributed by atoms with E-state index >= 15 is 0 Å². The molecule has 0 atom stereocenters. The maximum absolute atomic E-state index is 12.0. The third-order valence-electron chi connectivity index (χ3n) is 1.60. The van der Waals surface area contributed by atoms with Crippen LogP contribution in [-0.4, -0.2) is 12.1 Å². The predicted molar refractivity (Wildman–Crippen MR) is 63.5 cm³/mol. The molecule has 0 aliphatic heterocycles. The average molecular weight is 409 g/mol. The van der Waals surface area contributed by atoms with Crippen LogP contribution in [0.1, 0.15) is 17.3 Å². The first-order chi connectivity index (χ1) is 7.20. The van der Waals surface area contributed by atoms with Gasteiger partial charge in [-0.05, 0) is 57.6 Å². The van der Waals surface area contributed by atoms with Gasteiger partial charge in [0.1, 0.15) is 5.75 Å². The highest BCUT2D eigenvalue weighted by Gasteiger charge is 2.31. The van der Waals surface area contributed by atoms with E-state index in [0.717, 1.165) is 12.1 Å². The molecule has 16 heavy (non-hydrogen) atoms. The number of carbonyl (C=O) groups excluding carboxylic acids is 1. The topological polar surface area (TPSA) is 26.3 Å². The Hall–Kier alpha value is -0.310. The quantitative estimate of drug-likeness (QED) is 0.542. The van der Waals surface area contributed by atoms with Crippen molar-refractivity contribution in [2.24, 2.45) is 0 Å². The molecule has 0 amide bonds.